The van der Waals surface area contributed by atoms with E-state index in [0.29, 0.717) is 12.0 Å². The topological polar surface area (TPSA) is 61.5 Å². The molecule has 0 spiro atoms. The average molecular weight is 372 g/mol. The molecule has 0 radical (unpaired) electrons. The first-order valence-corrected chi connectivity index (χ1v) is 9.68. The van der Waals surface area contributed by atoms with E-state index >= 15 is 0 Å². The predicted molar refractivity (Wildman–Crippen MR) is 103 cm³/mol. The van der Waals surface area contributed by atoms with E-state index < -0.39 is 0 Å². The molecule has 1 aromatic heterocycles. The van der Waals surface area contributed by atoms with Crippen molar-refractivity contribution in [2.24, 2.45) is 7.05 Å². The highest BCUT2D eigenvalue weighted by Crippen LogP contribution is 2.37. The molecular weight excluding hydrogens is 344 g/mol. The van der Waals surface area contributed by atoms with Crippen molar-refractivity contribution in [3.63, 3.8) is 0 Å². The molecule has 7 nitrogen and oxygen atoms in total. The van der Waals surface area contributed by atoms with Gasteiger partial charge in [0.25, 0.3) is 0 Å². The number of nitrogens with zero attached hydrogens (tertiary/aromatic N) is 4. The summed E-state index contributed by atoms with van der Waals surface area (Å²) in [5.41, 5.74) is 1.23. The van der Waals surface area contributed by atoms with Crippen LogP contribution in [0.3, 0.4) is 0 Å². The molecule has 2 heterocycles. The van der Waals surface area contributed by atoms with Gasteiger partial charge in [-0.1, -0.05) is 0 Å². The van der Waals surface area contributed by atoms with Crippen molar-refractivity contribution in [2.75, 3.05) is 27.3 Å². The quantitative estimate of drug-likeness (QED) is 0.779. The first-order chi connectivity index (χ1) is 13.1. The molecule has 0 amide bonds. The van der Waals surface area contributed by atoms with Gasteiger partial charge in [0.2, 0.25) is 0 Å². The molecule has 0 atom stereocenters. The number of hydrogen-bond acceptors (Lipinski definition) is 5. The minimum Gasteiger partial charge on any atom is -0.497 e. The van der Waals surface area contributed by atoms with Gasteiger partial charge in [0.1, 0.15) is 17.3 Å². The molecule has 1 aliphatic carbocycles. The zero-order chi connectivity index (χ0) is 19.0. The molecule has 0 bridgehead atoms. The van der Waals surface area contributed by atoms with Crippen molar-refractivity contribution < 1.29 is 9.47 Å². The Morgan fingerprint density at radius 2 is 1.67 bits per heavy atom. The summed E-state index contributed by atoms with van der Waals surface area (Å²) < 4.78 is 14.2. The van der Waals surface area contributed by atoms with Crippen molar-refractivity contribution in [1.82, 2.24) is 19.2 Å². The fourth-order valence-electron chi connectivity index (χ4n) is 4.02. The van der Waals surface area contributed by atoms with Crippen LogP contribution in [0.15, 0.2) is 23.0 Å². The summed E-state index contributed by atoms with van der Waals surface area (Å²) in [5, 5.41) is 4.57. The molecule has 1 saturated heterocycles. The number of piperidine rings is 1. The summed E-state index contributed by atoms with van der Waals surface area (Å²) >= 11 is 0. The van der Waals surface area contributed by atoms with E-state index in [-0.39, 0.29) is 5.69 Å². The van der Waals surface area contributed by atoms with E-state index in [1.165, 1.54) is 10.2 Å². The van der Waals surface area contributed by atoms with Gasteiger partial charge < -0.3 is 9.47 Å². The summed E-state index contributed by atoms with van der Waals surface area (Å²) in [6.45, 7) is 2.87. The van der Waals surface area contributed by atoms with Crippen molar-refractivity contribution in [3.05, 3.63) is 40.1 Å². The monoisotopic (exact) mass is 372 g/mol. The van der Waals surface area contributed by atoms with E-state index in [2.05, 4.69) is 22.1 Å². The molecule has 1 saturated carbocycles. The van der Waals surface area contributed by atoms with Gasteiger partial charge in [-0.15, -0.1) is 0 Å². The highest BCUT2D eigenvalue weighted by Gasteiger charge is 2.33. The third-order valence-corrected chi connectivity index (χ3v) is 5.66. The van der Waals surface area contributed by atoms with Crippen LogP contribution >= 0.6 is 0 Å². The number of hydrogen-bond donors (Lipinski definition) is 0. The molecule has 0 N–H and O–H groups in total. The van der Waals surface area contributed by atoms with Gasteiger partial charge in [-0.2, -0.15) is 5.10 Å². The molecule has 146 valence electrons. The number of aryl methyl sites for hydroxylation is 1. The highest BCUT2D eigenvalue weighted by molar-refractivity contribution is 5.38. The number of methoxy groups -OCH3 is 2. The van der Waals surface area contributed by atoms with Crippen molar-refractivity contribution in [2.45, 2.75) is 44.2 Å². The van der Waals surface area contributed by atoms with E-state index in [1.54, 1.807) is 21.3 Å². The lowest BCUT2D eigenvalue weighted by Crippen LogP contribution is -2.33. The second-order valence-electron chi connectivity index (χ2n) is 7.64. The molecule has 1 aliphatic heterocycles. The Labute approximate surface area is 159 Å². The molecule has 0 unspecified atom stereocenters. The Balaban J connectivity index is 1.43. The van der Waals surface area contributed by atoms with Gasteiger partial charge in [-0.3, -0.25) is 9.47 Å². The van der Waals surface area contributed by atoms with E-state index in [4.69, 9.17) is 9.47 Å². The maximum Gasteiger partial charge on any atom is 0.345 e. The fraction of sp³-hybridized carbons (Fsp3) is 0.600. The molecule has 2 aliphatic rings. The molecule has 4 rings (SSSR count). The fourth-order valence-corrected chi connectivity index (χ4v) is 4.02. The zero-order valence-electron chi connectivity index (χ0n) is 16.4. The standard InChI is InChI=1S/C20H28N4O3/c1-22-20(25)24(16-4-5-16)19(21-22)15-6-8-23(9-7-15)13-14-10-17(26-2)12-18(11-14)27-3/h10-12,15-16H,4-9,13H2,1-3H3. The van der Waals surface area contributed by atoms with Crippen LogP contribution in [0.1, 0.15) is 49.0 Å². The van der Waals surface area contributed by atoms with Crippen molar-refractivity contribution in [3.8, 4) is 11.5 Å². The summed E-state index contributed by atoms with van der Waals surface area (Å²) in [5.74, 6) is 3.01. The van der Waals surface area contributed by atoms with E-state index in [1.807, 2.05) is 10.6 Å². The SMILES string of the molecule is COc1cc(CN2CCC(c3nn(C)c(=O)n3C3CC3)CC2)cc(OC)c1. The van der Waals surface area contributed by atoms with Gasteiger partial charge >= 0.3 is 5.69 Å². The van der Waals surface area contributed by atoms with E-state index in [9.17, 15) is 4.79 Å². The average Bonchev–Trinajstić information content (AvgIpc) is 3.48. The van der Waals surface area contributed by atoms with Crippen LogP contribution in [0, 0.1) is 0 Å². The largest absolute Gasteiger partial charge is 0.497 e. The van der Waals surface area contributed by atoms with E-state index in [0.717, 1.165) is 62.6 Å². The second kappa shape index (κ2) is 7.38. The predicted octanol–water partition coefficient (Wildman–Crippen LogP) is 2.31. The lowest BCUT2D eigenvalue weighted by molar-refractivity contribution is 0.199. The van der Waals surface area contributed by atoms with Gasteiger partial charge in [-0.05, 0) is 56.5 Å². The van der Waals surface area contributed by atoms with Crippen LogP contribution in [0.4, 0.5) is 0 Å². The Morgan fingerprint density at radius 3 is 2.22 bits per heavy atom. The van der Waals surface area contributed by atoms with Crippen LogP contribution < -0.4 is 15.2 Å². The minimum atomic E-state index is 0.0402. The normalized spacial score (nSPS) is 18.6. The van der Waals surface area contributed by atoms with Gasteiger partial charge in [0.15, 0.2) is 0 Å². The number of ether oxygens (including phenoxy) is 2. The lowest BCUT2D eigenvalue weighted by Gasteiger charge is -2.31. The maximum absolute atomic E-state index is 12.4. The molecule has 2 aromatic rings. The Hall–Kier alpha value is -2.28. The van der Waals surface area contributed by atoms with Gasteiger partial charge in [-0.25, -0.2) is 9.48 Å². The van der Waals surface area contributed by atoms with Crippen molar-refractivity contribution >= 4 is 0 Å². The molecule has 2 fully saturated rings. The Bertz CT molecular complexity index is 838. The zero-order valence-corrected chi connectivity index (χ0v) is 16.4. The number of benzene rings is 1. The lowest BCUT2D eigenvalue weighted by atomic mass is 9.95. The number of aromatic nitrogens is 3. The first kappa shape index (κ1) is 18.1. The first-order valence-electron chi connectivity index (χ1n) is 9.68. The minimum absolute atomic E-state index is 0.0402. The summed E-state index contributed by atoms with van der Waals surface area (Å²) in [6.07, 6.45) is 4.28. The van der Waals surface area contributed by atoms with Crippen LogP contribution in [0.25, 0.3) is 0 Å². The Kier molecular flexibility index (Phi) is 4.95. The smallest absolute Gasteiger partial charge is 0.345 e. The number of likely N-dealkylation sites (tertiary alicyclic amines) is 1. The van der Waals surface area contributed by atoms with Crippen molar-refractivity contribution in [1.29, 1.82) is 0 Å². The van der Waals surface area contributed by atoms with Crippen LogP contribution in [0.2, 0.25) is 0 Å². The molecule has 1 aromatic carbocycles. The van der Waals surface area contributed by atoms with Crippen LogP contribution in [0.5, 0.6) is 11.5 Å². The van der Waals surface area contributed by atoms with Crippen LogP contribution in [-0.4, -0.2) is 46.6 Å². The Morgan fingerprint density at radius 1 is 1.04 bits per heavy atom. The molecule has 27 heavy (non-hydrogen) atoms. The summed E-state index contributed by atoms with van der Waals surface area (Å²) in [4.78, 5) is 14.8. The molecular formula is C20H28N4O3. The molecule has 7 heteroatoms. The summed E-state index contributed by atoms with van der Waals surface area (Å²) in [6, 6.07) is 6.41. The second-order valence-corrected chi connectivity index (χ2v) is 7.64. The van der Waals surface area contributed by atoms with Crippen LogP contribution in [-0.2, 0) is 13.6 Å². The maximum atomic E-state index is 12.4. The number of rotatable bonds is 6. The third-order valence-electron chi connectivity index (χ3n) is 5.66. The van der Waals surface area contributed by atoms with Gasteiger partial charge in [0.05, 0.1) is 14.2 Å². The third kappa shape index (κ3) is 3.74. The summed E-state index contributed by atoms with van der Waals surface area (Å²) in [7, 11) is 5.11. The van der Waals surface area contributed by atoms with Gasteiger partial charge in [0, 0.05) is 31.6 Å². The highest BCUT2D eigenvalue weighted by atomic mass is 16.5.